The summed E-state index contributed by atoms with van der Waals surface area (Å²) >= 11 is 0. The van der Waals surface area contributed by atoms with Gasteiger partial charge in [0.05, 0.1) is 14.2 Å². The van der Waals surface area contributed by atoms with Crippen LogP contribution >= 0.6 is 0 Å². The van der Waals surface area contributed by atoms with Gasteiger partial charge in [0.15, 0.2) is 11.5 Å². The van der Waals surface area contributed by atoms with Crippen LogP contribution in [0.5, 0.6) is 11.5 Å². The average Bonchev–Trinajstić information content (AvgIpc) is 2.77. The third kappa shape index (κ3) is 4.77. The number of piperazine rings is 1. The van der Waals surface area contributed by atoms with Gasteiger partial charge in [-0.3, -0.25) is 9.59 Å². The van der Waals surface area contributed by atoms with Crippen LogP contribution in [-0.4, -0.2) is 68.6 Å². The number of hydrogen-bond acceptors (Lipinski definition) is 6. The minimum atomic E-state index is -0.210. The third-order valence-corrected chi connectivity index (χ3v) is 4.96. The zero-order valence-corrected chi connectivity index (χ0v) is 17.0. The summed E-state index contributed by atoms with van der Waals surface area (Å²) in [5, 5.41) is 0. The van der Waals surface area contributed by atoms with Crippen molar-refractivity contribution in [3.63, 3.8) is 0 Å². The Morgan fingerprint density at radius 3 is 2.34 bits per heavy atom. The second-order valence-corrected chi connectivity index (χ2v) is 6.70. The van der Waals surface area contributed by atoms with Crippen LogP contribution in [0.4, 0.5) is 11.5 Å². The molecule has 2 amide bonds. The van der Waals surface area contributed by atoms with E-state index in [1.165, 1.54) is 18.9 Å². The number of benzene rings is 1. The van der Waals surface area contributed by atoms with E-state index in [9.17, 15) is 9.59 Å². The van der Waals surface area contributed by atoms with Crippen molar-refractivity contribution in [1.29, 1.82) is 0 Å². The number of methoxy groups -OCH3 is 2. The van der Waals surface area contributed by atoms with Crippen molar-refractivity contribution < 1.29 is 19.1 Å². The maximum absolute atomic E-state index is 12.8. The van der Waals surface area contributed by atoms with E-state index in [2.05, 4.69) is 9.88 Å². The summed E-state index contributed by atoms with van der Waals surface area (Å²) in [5.74, 6) is 1.69. The van der Waals surface area contributed by atoms with Crippen LogP contribution in [0.25, 0.3) is 0 Å². The van der Waals surface area contributed by atoms with Gasteiger partial charge in [-0.15, -0.1) is 0 Å². The van der Waals surface area contributed by atoms with Gasteiger partial charge in [0.25, 0.3) is 0 Å². The SMILES string of the molecule is COc1ccc(N(CC(=O)N2CCN(c3ccccn3)CC2)C(C)=O)cc1OC. The largest absolute Gasteiger partial charge is 0.493 e. The normalized spacial score (nSPS) is 13.8. The lowest BCUT2D eigenvalue weighted by Gasteiger charge is -2.36. The molecule has 3 rings (SSSR count). The topological polar surface area (TPSA) is 75.2 Å². The van der Waals surface area contributed by atoms with Crippen LogP contribution in [0.1, 0.15) is 6.92 Å². The summed E-state index contributed by atoms with van der Waals surface area (Å²) in [6.07, 6.45) is 1.76. The van der Waals surface area contributed by atoms with Crippen LogP contribution in [0.2, 0.25) is 0 Å². The first kappa shape index (κ1) is 20.4. The highest BCUT2D eigenvalue weighted by molar-refractivity contribution is 5.97. The fourth-order valence-corrected chi connectivity index (χ4v) is 3.34. The Morgan fingerprint density at radius 2 is 1.76 bits per heavy atom. The first-order valence-corrected chi connectivity index (χ1v) is 9.47. The van der Waals surface area contributed by atoms with E-state index in [0.717, 1.165) is 5.82 Å². The molecule has 0 aliphatic carbocycles. The number of nitrogens with zero attached hydrogens (tertiary/aromatic N) is 4. The quantitative estimate of drug-likeness (QED) is 0.739. The first-order valence-electron chi connectivity index (χ1n) is 9.47. The number of ether oxygens (including phenoxy) is 2. The number of carbonyl (C=O) groups is 2. The molecule has 2 aromatic rings. The van der Waals surface area contributed by atoms with Crippen molar-refractivity contribution in [3.05, 3.63) is 42.6 Å². The maximum Gasteiger partial charge on any atom is 0.242 e. The van der Waals surface area contributed by atoms with Gasteiger partial charge in [0.1, 0.15) is 12.4 Å². The van der Waals surface area contributed by atoms with Gasteiger partial charge >= 0.3 is 0 Å². The minimum absolute atomic E-state index is 0.0194. The molecule has 8 heteroatoms. The fraction of sp³-hybridized carbons (Fsp3) is 0.381. The molecule has 154 valence electrons. The molecule has 1 saturated heterocycles. The van der Waals surface area contributed by atoms with Crippen LogP contribution in [-0.2, 0) is 9.59 Å². The van der Waals surface area contributed by atoms with E-state index in [0.29, 0.717) is 43.4 Å². The Bertz CT molecular complexity index is 851. The number of pyridine rings is 1. The maximum atomic E-state index is 12.8. The van der Waals surface area contributed by atoms with Gasteiger partial charge < -0.3 is 24.2 Å². The standard InChI is InChI=1S/C21H26N4O4/c1-16(26)25(17-7-8-18(28-2)19(14-17)29-3)15-21(27)24-12-10-23(11-13-24)20-6-4-5-9-22-20/h4-9,14H,10-13,15H2,1-3H3. The molecule has 1 aliphatic heterocycles. The Kier molecular flexibility index (Phi) is 6.54. The number of amides is 2. The van der Waals surface area contributed by atoms with E-state index in [-0.39, 0.29) is 18.4 Å². The fourth-order valence-electron chi connectivity index (χ4n) is 3.34. The summed E-state index contributed by atoms with van der Waals surface area (Å²) in [5.41, 5.74) is 0.593. The molecule has 1 aromatic heterocycles. The van der Waals surface area contributed by atoms with Crippen molar-refractivity contribution in [3.8, 4) is 11.5 Å². The van der Waals surface area contributed by atoms with Gasteiger partial charge in [0.2, 0.25) is 11.8 Å². The van der Waals surface area contributed by atoms with Gasteiger partial charge in [-0.2, -0.15) is 0 Å². The van der Waals surface area contributed by atoms with Gasteiger partial charge in [-0.1, -0.05) is 6.07 Å². The Morgan fingerprint density at radius 1 is 1.03 bits per heavy atom. The highest BCUT2D eigenvalue weighted by atomic mass is 16.5. The lowest BCUT2D eigenvalue weighted by atomic mass is 10.2. The molecule has 29 heavy (non-hydrogen) atoms. The zero-order valence-electron chi connectivity index (χ0n) is 17.0. The van der Waals surface area contributed by atoms with Crippen molar-refractivity contribution in [2.45, 2.75) is 6.92 Å². The Balaban J connectivity index is 1.66. The molecule has 0 saturated carbocycles. The molecule has 1 aromatic carbocycles. The number of hydrogen-bond donors (Lipinski definition) is 0. The van der Waals surface area contributed by atoms with Crippen LogP contribution in [0.3, 0.4) is 0 Å². The molecule has 0 unspecified atom stereocenters. The van der Waals surface area contributed by atoms with E-state index < -0.39 is 0 Å². The number of rotatable bonds is 6. The average molecular weight is 398 g/mol. The van der Waals surface area contributed by atoms with E-state index in [4.69, 9.17) is 9.47 Å². The van der Waals surface area contributed by atoms with Crippen molar-refractivity contribution in [1.82, 2.24) is 9.88 Å². The molecule has 0 spiro atoms. The van der Waals surface area contributed by atoms with Crippen molar-refractivity contribution in [2.75, 3.05) is 56.7 Å². The van der Waals surface area contributed by atoms with Gasteiger partial charge in [-0.25, -0.2) is 4.98 Å². The summed E-state index contributed by atoms with van der Waals surface area (Å²) in [7, 11) is 3.08. The summed E-state index contributed by atoms with van der Waals surface area (Å²) in [6.45, 7) is 4.02. The second-order valence-electron chi connectivity index (χ2n) is 6.70. The minimum Gasteiger partial charge on any atom is -0.493 e. The number of carbonyl (C=O) groups excluding carboxylic acids is 2. The predicted octanol–water partition coefficient (Wildman–Crippen LogP) is 1.80. The predicted molar refractivity (Wildman–Crippen MR) is 111 cm³/mol. The van der Waals surface area contributed by atoms with Gasteiger partial charge in [0, 0.05) is 51.1 Å². The lowest BCUT2D eigenvalue weighted by molar-refractivity contribution is -0.131. The van der Waals surface area contributed by atoms with Crippen molar-refractivity contribution >= 4 is 23.3 Å². The summed E-state index contributed by atoms with van der Waals surface area (Å²) in [6, 6.07) is 11.0. The Hall–Kier alpha value is -3.29. The monoisotopic (exact) mass is 398 g/mol. The smallest absolute Gasteiger partial charge is 0.242 e. The lowest BCUT2D eigenvalue weighted by Crippen LogP contribution is -2.52. The molecule has 1 fully saturated rings. The number of anilines is 2. The molecule has 1 aliphatic rings. The highest BCUT2D eigenvalue weighted by Gasteiger charge is 2.25. The first-order chi connectivity index (χ1) is 14.0. The molecule has 8 nitrogen and oxygen atoms in total. The van der Waals surface area contributed by atoms with Crippen LogP contribution < -0.4 is 19.3 Å². The Labute approximate surface area is 170 Å². The van der Waals surface area contributed by atoms with E-state index in [1.54, 1.807) is 36.4 Å². The highest BCUT2D eigenvalue weighted by Crippen LogP contribution is 2.31. The molecule has 0 radical (unpaired) electrons. The molecular weight excluding hydrogens is 372 g/mol. The zero-order chi connectivity index (χ0) is 20.8. The van der Waals surface area contributed by atoms with Crippen LogP contribution in [0, 0.1) is 0 Å². The third-order valence-electron chi connectivity index (χ3n) is 4.96. The van der Waals surface area contributed by atoms with Crippen molar-refractivity contribution in [2.24, 2.45) is 0 Å². The van der Waals surface area contributed by atoms with E-state index >= 15 is 0 Å². The number of aromatic nitrogens is 1. The molecule has 0 atom stereocenters. The molecular formula is C21H26N4O4. The van der Waals surface area contributed by atoms with E-state index in [1.807, 2.05) is 18.2 Å². The summed E-state index contributed by atoms with van der Waals surface area (Å²) in [4.78, 5) is 34.8. The van der Waals surface area contributed by atoms with Crippen LogP contribution in [0.15, 0.2) is 42.6 Å². The molecule has 0 N–H and O–H groups in total. The van der Waals surface area contributed by atoms with Gasteiger partial charge in [-0.05, 0) is 24.3 Å². The second kappa shape index (κ2) is 9.27. The molecule has 2 heterocycles. The molecule has 0 bridgehead atoms. The summed E-state index contributed by atoms with van der Waals surface area (Å²) < 4.78 is 10.6.